The van der Waals surface area contributed by atoms with Crippen molar-refractivity contribution in [2.75, 3.05) is 19.5 Å². The number of ether oxygens (including phenoxy) is 2. The van der Waals surface area contributed by atoms with Crippen molar-refractivity contribution in [2.24, 2.45) is 17.8 Å². The second-order valence-corrected chi connectivity index (χ2v) is 12.0. The van der Waals surface area contributed by atoms with Crippen LogP contribution in [0, 0.1) is 17.8 Å². The largest absolute Gasteiger partial charge is 0.508 e. The molecule has 3 aliphatic rings. The minimum absolute atomic E-state index is 0.0390. The van der Waals surface area contributed by atoms with Crippen LogP contribution in [-0.2, 0) is 11.3 Å². The standard InChI is InChI=1S/C27H28N2O5S2/c1-33-19-10-5-15(12-20(19)34-2)23-22-14-3-4-16(11-14)24(22)35-26-25(23)36-27(32)29(26)13-21(31)28-17-6-8-18(30)9-7-17/h5-10,12,14,16,22-24,30H,3-4,11,13H2,1-2H3,(H,28,31)/t14?,16?,22?,23-,24?/m1/s1. The van der Waals surface area contributed by atoms with Gasteiger partial charge in [0.25, 0.3) is 0 Å². The summed E-state index contributed by atoms with van der Waals surface area (Å²) in [6, 6.07) is 12.4. The van der Waals surface area contributed by atoms with Gasteiger partial charge in [0, 0.05) is 21.7 Å². The molecule has 2 N–H and O–H groups in total. The lowest BCUT2D eigenvalue weighted by Crippen LogP contribution is -2.34. The minimum Gasteiger partial charge on any atom is -0.508 e. The average molecular weight is 525 g/mol. The van der Waals surface area contributed by atoms with Gasteiger partial charge < -0.3 is 19.9 Å². The van der Waals surface area contributed by atoms with Crippen LogP contribution in [0.5, 0.6) is 17.2 Å². The number of amides is 1. The van der Waals surface area contributed by atoms with Gasteiger partial charge in [0.05, 0.1) is 19.2 Å². The predicted octanol–water partition coefficient (Wildman–Crippen LogP) is 4.92. The Morgan fingerprint density at radius 1 is 1.08 bits per heavy atom. The molecule has 2 aromatic carbocycles. The molecule has 188 valence electrons. The molecule has 2 aliphatic carbocycles. The van der Waals surface area contributed by atoms with Gasteiger partial charge in [-0.05, 0) is 79.0 Å². The van der Waals surface area contributed by atoms with E-state index >= 15 is 0 Å². The number of anilines is 1. The molecule has 1 amide bonds. The number of rotatable bonds is 6. The summed E-state index contributed by atoms with van der Waals surface area (Å²) in [4.78, 5) is 27.1. The summed E-state index contributed by atoms with van der Waals surface area (Å²) in [7, 11) is 3.28. The van der Waals surface area contributed by atoms with Crippen molar-refractivity contribution in [2.45, 2.75) is 42.0 Å². The summed E-state index contributed by atoms with van der Waals surface area (Å²) in [6.45, 7) is -0.0390. The third-order valence-electron chi connectivity index (χ3n) is 7.91. The monoisotopic (exact) mass is 524 g/mol. The number of nitrogens with one attached hydrogen (secondary N) is 1. The predicted molar refractivity (Wildman–Crippen MR) is 141 cm³/mol. The topological polar surface area (TPSA) is 89.8 Å². The fourth-order valence-corrected chi connectivity index (χ4v) is 9.55. The average Bonchev–Trinajstić information content (AvgIpc) is 3.58. The SMILES string of the molecule is COc1ccc([C@H]2c3sc(=O)n(CC(=O)Nc4ccc(O)cc4)c3SC3C4CCC(C4)C32)cc1OC. The number of aromatic hydroxyl groups is 1. The molecule has 7 nitrogen and oxygen atoms in total. The molecule has 3 aromatic rings. The van der Waals surface area contributed by atoms with Gasteiger partial charge in [-0.25, -0.2) is 0 Å². The van der Waals surface area contributed by atoms with Crippen LogP contribution in [0.2, 0.25) is 0 Å². The lowest BCUT2D eigenvalue weighted by molar-refractivity contribution is -0.116. The highest BCUT2D eigenvalue weighted by molar-refractivity contribution is 8.00. The Kier molecular flexibility index (Phi) is 6.00. The zero-order chi connectivity index (χ0) is 25.0. The highest BCUT2D eigenvalue weighted by Gasteiger charge is 2.55. The van der Waals surface area contributed by atoms with Crippen molar-refractivity contribution < 1.29 is 19.4 Å². The first-order valence-corrected chi connectivity index (χ1v) is 13.9. The van der Waals surface area contributed by atoms with Gasteiger partial charge in [0.2, 0.25) is 5.91 Å². The molecular formula is C27H28N2O5S2. The van der Waals surface area contributed by atoms with Gasteiger partial charge in [-0.3, -0.25) is 14.2 Å². The molecule has 36 heavy (non-hydrogen) atoms. The van der Waals surface area contributed by atoms with Crippen LogP contribution in [0.15, 0.2) is 52.3 Å². The quantitative estimate of drug-likeness (QED) is 0.445. The van der Waals surface area contributed by atoms with E-state index in [4.69, 9.17) is 9.47 Å². The number of phenolic OH excluding ortho intramolecular Hbond substituents is 1. The maximum absolute atomic E-state index is 13.2. The number of nitrogens with zero attached hydrogens (tertiary/aromatic N) is 1. The number of fused-ring (bicyclic) bond motifs is 6. The van der Waals surface area contributed by atoms with E-state index in [0.717, 1.165) is 15.5 Å². The molecule has 2 fully saturated rings. The summed E-state index contributed by atoms with van der Waals surface area (Å²) >= 11 is 3.08. The molecule has 0 spiro atoms. The molecule has 2 saturated carbocycles. The maximum Gasteiger partial charge on any atom is 0.308 e. The molecular weight excluding hydrogens is 496 g/mol. The van der Waals surface area contributed by atoms with Gasteiger partial charge in [-0.15, -0.1) is 11.8 Å². The zero-order valence-electron chi connectivity index (χ0n) is 20.1. The number of hydrogen-bond acceptors (Lipinski definition) is 7. The zero-order valence-corrected chi connectivity index (χ0v) is 21.7. The highest BCUT2D eigenvalue weighted by Crippen LogP contribution is 2.64. The van der Waals surface area contributed by atoms with Gasteiger partial charge in [0.15, 0.2) is 11.5 Å². The van der Waals surface area contributed by atoms with E-state index in [0.29, 0.717) is 40.2 Å². The first-order chi connectivity index (χ1) is 17.5. The summed E-state index contributed by atoms with van der Waals surface area (Å²) in [5.41, 5.74) is 1.72. The molecule has 2 heterocycles. The molecule has 5 atom stereocenters. The van der Waals surface area contributed by atoms with Crippen LogP contribution in [0.25, 0.3) is 0 Å². The molecule has 0 radical (unpaired) electrons. The third kappa shape index (κ3) is 3.89. The van der Waals surface area contributed by atoms with Crippen molar-refractivity contribution in [3.63, 3.8) is 0 Å². The Bertz CT molecular complexity index is 1370. The fourth-order valence-electron chi connectivity index (χ4n) is 6.40. The summed E-state index contributed by atoms with van der Waals surface area (Å²) < 4.78 is 12.7. The minimum atomic E-state index is -0.262. The maximum atomic E-state index is 13.2. The number of aromatic nitrogens is 1. The number of benzene rings is 2. The molecule has 2 bridgehead atoms. The van der Waals surface area contributed by atoms with Crippen LogP contribution in [0.4, 0.5) is 5.69 Å². The van der Waals surface area contributed by atoms with E-state index < -0.39 is 0 Å². The van der Waals surface area contributed by atoms with E-state index in [-0.39, 0.29) is 29.0 Å². The van der Waals surface area contributed by atoms with E-state index in [1.54, 1.807) is 30.9 Å². The summed E-state index contributed by atoms with van der Waals surface area (Å²) in [5, 5.41) is 13.7. The molecule has 1 aliphatic heterocycles. The van der Waals surface area contributed by atoms with Crippen molar-refractivity contribution in [1.82, 2.24) is 4.57 Å². The Morgan fingerprint density at radius 3 is 2.58 bits per heavy atom. The van der Waals surface area contributed by atoms with Crippen molar-refractivity contribution >= 4 is 34.7 Å². The van der Waals surface area contributed by atoms with Crippen LogP contribution in [0.1, 0.15) is 35.6 Å². The van der Waals surface area contributed by atoms with Crippen LogP contribution in [-0.4, -0.2) is 35.1 Å². The van der Waals surface area contributed by atoms with E-state index in [9.17, 15) is 14.7 Å². The fraction of sp³-hybridized carbons (Fsp3) is 0.407. The first kappa shape index (κ1) is 23.5. The lowest BCUT2D eigenvalue weighted by atomic mass is 9.75. The number of hydrogen-bond donors (Lipinski definition) is 2. The number of thioether (sulfide) groups is 1. The van der Waals surface area contributed by atoms with Gasteiger partial charge in [0.1, 0.15) is 12.3 Å². The Labute approximate surface area is 217 Å². The van der Waals surface area contributed by atoms with Crippen LogP contribution >= 0.6 is 23.1 Å². The first-order valence-electron chi connectivity index (χ1n) is 12.2. The second-order valence-electron chi connectivity index (χ2n) is 9.80. The smallest absolute Gasteiger partial charge is 0.308 e. The Morgan fingerprint density at radius 2 is 1.83 bits per heavy atom. The van der Waals surface area contributed by atoms with Gasteiger partial charge >= 0.3 is 4.87 Å². The molecule has 9 heteroatoms. The lowest BCUT2D eigenvalue weighted by Gasteiger charge is -2.40. The highest BCUT2D eigenvalue weighted by atomic mass is 32.2. The number of carbonyl (C=O) groups is 1. The Hall–Kier alpha value is -2.91. The second kappa shape index (κ2) is 9.19. The van der Waals surface area contributed by atoms with Crippen molar-refractivity contribution in [1.29, 1.82) is 0 Å². The van der Waals surface area contributed by atoms with Gasteiger partial charge in [-0.2, -0.15) is 0 Å². The molecule has 1 aromatic heterocycles. The van der Waals surface area contributed by atoms with Crippen molar-refractivity contribution in [3.05, 3.63) is 62.6 Å². The number of methoxy groups -OCH3 is 2. The van der Waals surface area contributed by atoms with E-state index in [1.807, 2.05) is 17.8 Å². The molecule has 6 rings (SSSR count). The number of carbonyl (C=O) groups excluding carboxylic acids is 1. The number of thiazole rings is 1. The summed E-state index contributed by atoms with van der Waals surface area (Å²) in [5.74, 6) is 3.12. The van der Waals surface area contributed by atoms with E-state index in [2.05, 4.69) is 17.4 Å². The normalized spacial score (nSPS) is 25.8. The molecule has 0 saturated heterocycles. The van der Waals surface area contributed by atoms with Crippen molar-refractivity contribution in [3.8, 4) is 17.2 Å². The molecule has 4 unspecified atom stereocenters. The number of phenols is 1. The third-order valence-corrected chi connectivity index (χ3v) is 10.7. The van der Waals surface area contributed by atoms with Crippen LogP contribution in [0.3, 0.4) is 0 Å². The summed E-state index contributed by atoms with van der Waals surface area (Å²) in [6.07, 6.45) is 3.73. The van der Waals surface area contributed by atoms with Gasteiger partial charge in [-0.1, -0.05) is 17.4 Å². The Balaban J connectivity index is 1.38. The van der Waals surface area contributed by atoms with E-state index in [1.165, 1.54) is 42.7 Å². The van der Waals surface area contributed by atoms with Crippen LogP contribution < -0.4 is 19.7 Å².